The zero-order valence-electron chi connectivity index (χ0n) is 8.97. The fraction of sp³-hybridized carbons (Fsp3) is 0.400. The molecule has 0 saturated carbocycles. The maximum Gasteiger partial charge on any atom is 0.217 e. The molecule has 0 aromatic heterocycles. The molecule has 0 fully saturated rings. The van der Waals surface area contributed by atoms with Gasteiger partial charge in [0, 0.05) is 20.6 Å². The molecule has 0 amide bonds. The van der Waals surface area contributed by atoms with E-state index < -0.39 is 10.0 Å². The molecule has 1 aromatic rings. The lowest BCUT2D eigenvalue weighted by molar-refractivity contribution is 0.520. The van der Waals surface area contributed by atoms with Crippen LogP contribution in [0.3, 0.4) is 0 Å². The highest BCUT2D eigenvalue weighted by atomic mass is 32.2. The van der Waals surface area contributed by atoms with Crippen LogP contribution < -0.4 is 5.73 Å². The van der Waals surface area contributed by atoms with E-state index >= 15 is 0 Å². The lowest BCUT2D eigenvalue weighted by Crippen LogP contribution is -2.23. The Kier molecular flexibility index (Phi) is 3.84. The van der Waals surface area contributed by atoms with Gasteiger partial charge in [-0.15, -0.1) is 0 Å². The number of benzene rings is 1. The van der Waals surface area contributed by atoms with E-state index in [-0.39, 0.29) is 5.75 Å². The van der Waals surface area contributed by atoms with E-state index in [4.69, 9.17) is 5.73 Å². The summed E-state index contributed by atoms with van der Waals surface area (Å²) in [5.74, 6) is 0.0326. The van der Waals surface area contributed by atoms with Crippen molar-refractivity contribution < 1.29 is 8.42 Å². The van der Waals surface area contributed by atoms with Gasteiger partial charge in [0.1, 0.15) is 0 Å². The van der Waals surface area contributed by atoms with Crippen molar-refractivity contribution in [3.63, 3.8) is 0 Å². The number of nitrogens with zero attached hydrogens (tertiary/aromatic N) is 1. The van der Waals surface area contributed by atoms with Crippen LogP contribution in [-0.4, -0.2) is 26.8 Å². The first-order valence-corrected chi connectivity index (χ1v) is 6.24. The van der Waals surface area contributed by atoms with Gasteiger partial charge in [-0.2, -0.15) is 0 Å². The van der Waals surface area contributed by atoms with Gasteiger partial charge in [-0.25, -0.2) is 12.7 Å². The summed E-state index contributed by atoms with van der Waals surface area (Å²) in [6.45, 7) is 0.473. The standard InChI is InChI=1S/C10H16N2O2S/c1-12(2)15(13,14)8-10-5-3-9(7-11)4-6-10/h3-6H,7-8,11H2,1-2H3. The predicted octanol–water partition coefficient (Wildman–Crippen LogP) is 0.537. The van der Waals surface area contributed by atoms with Gasteiger partial charge in [-0.1, -0.05) is 24.3 Å². The van der Waals surface area contributed by atoms with Crippen LogP contribution in [0.1, 0.15) is 11.1 Å². The Morgan fingerprint density at radius 1 is 1.13 bits per heavy atom. The highest BCUT2D eigenvalue weighted by Gasteiger charge is 2.13. The smallest absolute Gasteiger partial charge is 0.217 e. The van der Waals surface area contributed by atoms with E-state index in [2.05, 4.69) is 0 Å². The Hall–Kier alpha value is -0.910. The molecule has 0 bridgehead atoms. The van der Waals surface area contributed by atoms with Gasteiger partial charge in [0.2, 0.25) is 10.0 Å². The van der Waals surface area contributed by atoms with Crippen LogP contribution in [0, 0.1) is 0 Å². The SMILES string of the molecule is CN(C)S(=O)(=O)Cc1ccc(CN)cc1. The summed E-state index contributed by atoms with van der Waals surface area (Å²) < 4.78 is 24.3. The summed E-state index contributed by atoms with van der Waals surface area (Å²) in [5.41, 5.74) is 7.23. The second kappa shape index (κ2) is 4.74. The molecule has 2 N–H and O–H groups in total. The van der Waals surface area contributed by atoms with Gasteiger partial charge in [0.15, 0.2) is 0 Å². The summed E-state index contributed by atoms with van der Waals surface area (Å²) in [4.78, 5) is 0. The molecule has 0 atom stereocenters. The van der Waals surface area contributed by atoms with Gasteiger partial charge in [-0.05, 0) is 11.1 Å². The van der Waals surface area contributed by atoms with E-state index in [9.17, 15) is 8.42 Å². The third-order valence-electron chi connectivity index (χ3n) is 2.16. The highest BCUT2D eigenvalue weighted by molar-refractivity contribution is 7.88. The molecule has 1 aromatic carbocycles. The minimum Gasteiger partial charge on any atom is -0.326 e. The van der Waals surface area contributed by atoms with E-state index in [1.807, 2.05) is 12.1 Å². The maximum atomic E-state index is 11.6. The normalized spacial score (nSPS) is 12.0. The molecule has 0 aliphatic carbocycles. The molecule has 0 aliphatic rings. The Morgan fingerprint density at radius 3 is 2.00 bits per heavy atom. The Balaban J connectivity index is 2.82. The van der Waals surface area contributed by atoms with Crippen LogP contribution >= 0.6 is 0 Å². The topological polar surface area (TPSA) is 63.4 Å². The van der Waals surface area contributed by atoms with Gasteiger partial charge in [0.25, 0.3) is 0 Å². The van der Waals surface area contributed by atoms with Crippen molar-refractivity contribution in [3.8, 4) is 0 Å². The quantitative estimate of drug-likeness (QED) is 0.818. The first-order chi connectivity index (χ1) is 6.95. The van der Waals surface area contributed by atoms with E-state index in [0.717, 1.165) is 11.1 Å². The number of hydrogen-bond acceptors (Lipinski definition) is 3. The van der Waals surface area contributed by atoms with Crippen molar-refractivity contribution >= 4 is 10.0 Å². The zero-order chi connectivity index (χ0) is 11.5. The lowest BCUT2D eigenvalue weighted by atomic mass is 10.1. The van der Waals surface area contributed by atoms with Crippen molar-refractivity contribution in [3.05, 3.63) is 35.4 Å². The highest BCUT2D eigenvalue weighted by Crippen LogP contribution is 2.09. The number of rotatable bonds is 4. The van der Waals surface area contributed by atoms with Crippen LogP contribution in [0.2, 0.25) is 0 Å². The van der Waals surface area contributed by atoms with E-state index in [1.54, 1.807) is 12.1 Å². The average molecular weight is 228 g/mol. The first kappa shape index (κ1) is 12.2. The number of nitrogens with two attached hydrogens (primary N) is 1. The molecule has 0 saturated heterocycles. The summed E-state index contributed by atoms with van der Waals surface area (Å²) in [5, 5.41) is 0. The summed E-state index contributed by atoms with van der Waals surface area (Å²) in [6.07, 6.45) is 0. The summed E-state index contributed by atoms with van der Waals surface area (Å²) in [6, 6.07) is 7.29. The van der Waals surface area contributed by atoms with Gasteiger partial charge in [-0.3, -0.25) is 0 Å². The molecule has 4 nitrogen and oxygen atoms in total. The molecular formula is C10H16N2O2S. The number of hydrogen-bond donors (Lipinski definition) is 1. The minimum absolute atomic E-state index is 0.0326. The molecule has 0 unspecified atom stereocenters. The fourth-order valence-electron chi connectivity index (χ4n) is 1.11. The van der Waals surface area contributed by atoms with E-state index in [1.165, 1.54) is 18.4 Å². The number of sulfonamides is 1. The van der Waals surface area contributed by atoms with Gasteiger partial charge < -0.3 is 5.73 Å². The monoisotopic (exact) mass is 228 g/mol. The van der Waals surface area contributed by atoms with Crippen molar-refractivity contribution in [2.24, 2.45) is 5.73 Å². The average Bonchev–Trinajstić information content (AvgIpc) is 2.18. The van der Waals surface area contributed by atoms with Crippen molar-refractivity contribution in [1.29, 1.82) is 0 Å². The molecule has 0 heterocycles. The molecule has 0 spiro atoms. The molecule has 5 heteroatoms. The lowest BCUT2D eigenvalue weighted by Gasteiger charge is -2.11. The van der Waals surface area contributed by atoms with Crippen molar-refractivity contribution in [2.45, 2.75) is 12.3 Å². The summed E-state index contributed by atoms with van der Waals surface area (Å²) >= 11 is 0. The van der Waals surface area contributed by atoms with Crippen molar-refractivity contribution in [1.82, 2.24) is 4.31 Å². The fourth-order valence-corrected chi connectivity index (χ4v) is 1.98. The molecule has 1 rings (SSSR count). The second-order valence-electron chi connectivity index (χ2n) is 3.56. The third kappa shape index (κ3) is 3.30. The first-order valence-electron chi connectivity index (χ1n) is 4.64. The summed E-state index contributed by atoms with van der Waals surface area (Å²) in [7, 11) is -0.106. The van der Waals surface area contributed by atoms with Gasteiger partial charge in [0.05, 0.1) is 5.75 Å². The molecule has 84 valence electrons. The van der Waals surface area contributed by atoms with Crippen LogP contribution in [0.4, 0.5) is 0 Å². The minimum atomic E-state index is -3.17. The Labute approximate surface area is 90.8 Å². The zero-order valence-corrected chi connectivity index (χ0v) is 9.79. The predicted molar refractivity (Wildman–Crippen MR) is 60.6 cm³/mol. The second-order valence-corrected chi connectivity index (χ2v) is 5.74. The van der Waals surface area contributed by atoms with Crippen LogP contribution in [-0.2, 0) is 22.3 Å². The molecule has 15 heavy (non-hydrogen) atoms. The van der Waals surface area contributed by atoms with Crippen LogP contribution in [0.15, 0.2) is 24.3 Å². The van der Waals surface area contributed by atoms with Crippen LogP contribution in [0.25, 0.3) is 0 Å². The Morgan fingerprint density at radius 2 is 1.60 bits per heavy atom. The van der Waals surface area contributed by atoms with Gasteiger partial charge >= 0.3 is 0 Å². The molecule has 0 aliphatic heterocycles. The Bertz CT molecular complexity index is 410. The maximum absolute atomic E-state index is 11.6. The van der Waals surface area contributed by atoms with Crippen LogP contribution in [0.5, 0.6) is 0 Å². The molecule has 0 radical (unpaired) electrons. The molecular weight excluding hydrogens is 212 g/mol. The largest absolute Gasteiger partial charge is 0.326 e. The third-order valence-corrected chi connectivity index (χ3v) is 3.97. The van der Waals surface area contributed by atoms with E-state index in [0.29, 0.717) is 6.54 Å². The van der Waals surface area contributed by atoms with Crippen molar-refractivity contribution in [2.75, 3.05) is 14.1 Å².